The highest BCUT2D eigenvalue weighted by molar-refractivity contribution is 6.01. The third kappa shape index (κ3) is 6.73. The molecule has 1 heterocycles. The Morgan fingerprint density at radius 2 is 1.51 bits per heavy atom. The van der Waals surface area contributed by atoms with Gasteiger partial charge in [-0.05, 0) is 11.5 Å². The van der Waals surface area contributed by atoms with Gasteiger partial charge in [0.2, 0.25) is 12.2 Å². The first-order valence-corrected chi connectivity index (χ1v) is 11.3. The number of aromatic hydroxyl groups is 1. The molecule has 0 bridgehead atoms. The van der Waals surface area contributed by atoms with Gasteiger partial charge in [-0.15, -0.1) is 0 Å². The predicted octanol–water partition coefficient (Wildman–Crippen LogP) is 1.36. The summed E-state index contributed by atoms with van der Waals surface area (Å²) in [7, 11) is 0. The van der Waals surface area contributed by atoms with Crippen molar-refractivity contribution < 1.29 is 52.8 Å². The number of hydrogen-bond acceptors (Lipinski definition) is 11. The number of rotatable bonds is 7. The highest BCUT2D eigenvalue weighted by Crippen LogP contribution is 2.32. The van der Waals surface area contributed by atoms with E-state index in [2.05, 4.69) is 5.32 Å². The van der Waals surface area contributed by atoms with Gasteiger partial charge < -0.3 is 34.1 Å². The maximum Gasteiger partial charge on any atom is 0.344 e. The first kappa shape index (κ1) is 27.4. The van der Waals surface area contributed by atoms with Crippen molar-refractivity contribution in [3.8, 4) is 5.75 Å². The fourth-order valence-corrected chi connectivity index (χ4v) is 3.98. The zero-order valence-electron chi connectivity index (χ0n) is 20.6. The molecule has 12 heteroatoms. The zero-order valence-corrected chi connectivity index (χ0v) is 20.6. The first-order chi connectivity index (χ1) is 17.5. The molecular weight excluding hydrogens is 490 g/mol. The smallest absolute Gasteiger partial charge is 0.344 e. The van der Waals surface area contributed by atoms with Crippen LogP contribution in [0.4, 0.5) is 0 Å². The van der Waals surface area contributed by atoms with E-state index in [0.29, 0.717) is 10.8 Å². The molecule has 1 aliphatic rings. The van der Waals surface area contributed by atoms with Gasteiger partial charge in [0.05, 0.1) is 0 Å². The number of phenolic OH excluding ortho intramolecular Hbond substituents is 1. The van der Waals surface area contributed by atoms with Crippen molar-refractivity contribution >= 4 is 40.6 Å². The normalized spacial score (nSPS) is 23.0. The maximum absolute atomic E-state index is 13.1. The van der Waals surface area contributed by atoms with Crippen LogP contribution in [0.25, 0.3) is 10.8 Å². The van der Waals surface area contributed by atoms with Crippen LogP contribution in [-0.2, 0) is 42.9 Å². The molecule has 0 aromatic heterocycles. The summed E-state index contributed by atoms with van der Waals surface area (Å²) in [6, 6.07) is 8.47. The van der Waals surface area contributed by atoms with Crippen molar-refractivity contribution in [3.05, 3.63) is 42.0 Å². The van der Waals surface area contributed by atoms with Gasteiger partial charge in [-0.1, -0.05) is 30.3 Å². The van der Waals surface area contributed by atoms with E-state index in [9.17, 15) is 29.1 Å². The molecule has 5 atom stereocenters. The molecule has 0 unspecified atom stereocenters. The van der Waals surface area contributed by atoms with Crippen LogP contribution in [0.2, 0.25) is 0 Å². The van der Waals surface area contributed by atoms with Crippen LogP contribution in [0, 0.1) is 0 Å². The number of nitrogens with one attached hydrogen (secondary N) is 1. The molecule has 0 spiro atoms. The molecule has 0 aliphatic carbocycles. The van der Waals surface area contributed by atoms with E-state index in [-0.39, 0.29) is 11.3 Å². The zero-order chi connectivity index (χ0) is 27.3. The molecule has 37 heavy (non-hydrogen) atoms. The predicted molar refractivity (Wildman–Crippen MR) is 125 cm³/mol. The van der Waals surface area contributed by atoms with Crippen molar-refractivity contribution in [2.75, 3.05) is 6.61 Å². The van der Waals surface area contributed by atoms with Crippen LogP contribution in [0.5, 0.6) is 5.75 Å². The van der Waals surface area contributed by atoms with Crippen molar-refractivity contribution in [1.29, 1.82) is 0 Å². The largest absolute Gasteiger partial charge is 0.506 e. The molecule has 2 aromatic carbocycles. The van der Waals surface area contributed by atoms with Crippen LogP contribution in [0.15, 0.2) is 36.4 Å². The van der Waals surface area contributed by atoms with E-state index < -0.39 is 67.0 Å². The van der Waals surface area contributed by atoms with Gasteiger partial charge in [-0.2, -0.15) is 0 Å². The van der Waals surface area contributed by atoms with Gasteiger partial charge in [0.15, 0.2) is 12.2 Å². The Morgan fingerprint density at radius 3 is 2.14 bits per heavy atom. The van der Waals surface area contributed by atoms with Crippen molar-refractivity contribution in [2.24, 2.45) is 0 Å². The number of hydrogen-bond donors (Lipinski definition) is 2. The number of phenols is 1. The third-order valence-corrected chi connectivity index (χ3v) is 5.41. The fraction of sp³-hybridized carbons (Fsp3) is 0.400. The molecule has 0 saturated carbocycles. The standard InChI is InChI=1S/C25H27NO11/c1-12(27)26-20-23(35-15(4)30)22(34-14(3)29)19(11-33-13(2)28)36-25(20)37-24(32)18-10-9-16-7-5-6-8-17(16)21(18)31/h5-10,19-20,22-23,25,31H,11H2,1-4H3,(H,26,27)/t19-,20+,22+,23+,25+/m0/s1. The average molecular weight is 517 g/mol. The van der Waals surface area contributed by atoms with Crippen molar-refractivity contribution in [1.82, 2.24) is 5.32 Å². The monoisotopic (exact) mass is 517 g/mol. The van der Waals surface area contributed by atoms with Crippen molar-refractivity contribution in [3.63, 3.8) is 0 Å². The molecule has 1 saturated heterocycles. The molecular formula is C25H27NO11. The second kappa shape index (κ2) is 11.7. The number of fused-ring (bicyclic) bond motifs is 1. The lowest BCUT2D eigenvalue weighted by atomic mass is 9.96. The van der Waals surface area contributed by atoms with Gasteiger partial charge in [0.25, 0.3) is 0 Å². The Bertz CT molecular complexity index is 1210. The quantitative estimate of drug-likeness (QED) is 0.402. The molecule has 1 aliphatic heterocycles. The summed E-state index contributed by atoms with van der Waals surface area (Å²) in [5.74, 6) is -4.17. The highest BCUT2D eigenvalue weighted by Gasteiger charge is 2.52. The Hall–Kier alpha value is -4.19. The number of carbonyl (C=O) groups is 5. The summed E-state index contributed by atoms with van der Waals surface area (Å²) in [4.78, 5) is 60.3. The van der Waals surface area contributed by atoms with E-state index in [1.54, 1.807) is 30.3 Å². The summed E-state index contributed by atoms with van der Waals surface area (Å²) in [6.07, 6.45) is -5.56. The van der Waals surface area contributed by atoms with Gasteiger partial charge in [0, 0.05) is 33.1 Å². The second-order valence-corrected chi connectivity index (χ2v) is 8.31. The second-order valence-electron chi connectivity index (χ2n) is 8.31. The van der Waals surface area contributed by atoms with Crippen LogP contribution >= 0.6 is 0 Å². The molecule has 1 amide bonds. The van der Waals surface area contributed by atoms with Gasteiger partial charge >= 0.3 is 23.9 Å². The van der Waals surface area contributed by atoms with Crippen LogP contribution < -0.4 is 5.32 Å². The number of ether oxygens (including phenoxy) is 5. The minimum atomic E-state index is -1.60. The number of benzene rings is 2. The molecule has 198 valence electrons. The molecule has 2 aromatic rings. The first-order valence-electron chi connectivity index (χ1n) is 11.3. The number of amides is 1. The fourth-order valence-electron chi connectivity index (χ4n) is 3.98. The lowest BCUT2D eigenvalue weighted by molar-refractivity contribution is -0.263. The summed E-state index contributed by atoms with van der Waals surface area (Å²) >= 11 is 0. The molecule has 3 rings (SSSR count). The summed E-state index contributed by atoms with van der Waals surface area (Å²) in [6.45, 7) is 4.07. The Labute approximate surface area is 211 Å². The van der Waals surface area contributed by atoms with Crippen LogP contribution in [0.3, 0.4) is 0 Å². The van der Waals surface area contributed by atoms with E-state index in [4.69, 9.17) is 23.7 Å². The minimum absolute atomic E-state index is 0.188. The van der Waals surface area contributed by atoms with E-state index in [1.165, 1.54) is 13.0 Å². The molecule has 12 nitrogen and oxygen atoms in total. The molecule has 0 radical (unpaired) electrons. The summed E-state index contributed by atoms with van der Waals surface area (Å²) < 4.78 is 27.0. The SMILES string of the molecule is CC(=O)N[C@H]1[C@@H](OC(=O)c2ccc3ccccc3c2O)O[C@@H](COC(C)=O)[C@@H](OC(C)=O)[C@@H]1OC(C)=O. The van der Waals surface area contributed by atoms with Crippen LogP contribution in [0.1, 0.15) is 38.1 Å². The average Bonchev–Trinajstić information content (AvgIpc) is 2.81. The van der Waals surface area contributed by atoms with E-state index in [1.807, 2.05) is 0 Å². The summed E-state index contributed by atoms with van der Waals surface area (Å²) in [5.41, 5.74) is -0.188. The lowest BCUT2D eigenvalue weighted by Gasteiger charge is -2.44. The van der Waals surface area contributed by atoms with Gasteiger partial charge in [0.1, 0.15) is 30.1 Å². The number of carbonyl (C=O) groups excluding carboxylic acids is 5. The van der Waals surface area contributed by atoms with E-state index >= 15 is 0 Å². The topological polar surface area (TPSA) is 164 Å². The number of esters is 4. The molecule has 1 fully saturated rings. The Morgan fingerprint density at radius 1 is 0.865 bits per heavy atom. The highest BCUT2D eigenvalue weighted by atomic mass is 16.7. The Kier molecular flexibility index (Phi) is 8.66. The van der Waals surface area contributed by atoms with Crippen molar-refractivity contribution in [2.45, 2.75) is 58.3 Å². The van der Waals surface area contributed by atoms with Gasteiger partial charge in [-0.3, -0.25) is 19.2 Å². The molecule has 2 N–H and O–H groups in total. The van der Waals surface area contributed by atoms with Gasteiger partial charge in [-0.25, -0.2) is 4.79 Å². The Balaban J connectivity index is 2.00. The summed E-state index contributed by atoms with van der Waals surface area (Å²) in [5, 5.41) is 14.3. The lowest BCUT2D eigenvalue weighted by Crippen LogP contribution is -2.66. The third-order valence-electron chi connectivity index (χ3n) is 5.41. The van der Waals surface area contributed by atoms with E-state index in [0.717, 1.165) is 20.8 Å². The minimum Gasteiger partial charge on any atom is -0.506 e. The maximum atomic E-state index is 13.1. The van der Waals surface area contributed by atoms with Crippen LogP contribution in [-0.4, -0.2) is 72.1 Å².